The molecule has 1 aliphatic rings. The van der Waals surface area contributed by atoms with Crippen molar-refractivity contribution in [3.8, 4) is 11.1 Å². The average Bonchev–Trinajstić information content (AvgIpc) is 3.33. The number of aromatic nitrogens is 4. The maximum atomic E-state index is 13.0. The van der Waals surface area contributed by atoms with Crippen molar-refractivity contribution in [2.24, 2.45) is 5.92 Å². The Labute approximate surface area is 163 Å². The molecule has 0 spiro atoms. The highest BCUT2D eigenvalue weighted by Gasteiger charge is 2.42. The van der Waals surface area contributed by atoms with Gasteiger partial charge in [-0.2, -0.15) is 13.2 Å². The third kappa shape index (κ3) is 4.01. The minimum absolute atomic E-state index is 0.0113. The van der Waals surface area contributed by atoms with Gasteiger partial charge in [-0.05, 0) is 35.7 Å². The topological polar surface area (TPSA) is 75.6 Å². The highest BCUT2D eigenvalue weighted by Crippen LogP contribution is 2.34. The van der Waals surface area contributed by atoms with E-state index in [1.165, 1.54) is 16.7 Å². The van der Waals surface area contributed by atoms with Crippen LogP contribution in [0, 0.1) is 11.7 Å². The molecule has 1 atom stereocenters. The fraction of sp³-hybridized carbons (Fsp3) is 0.316. The molecule has 0 unspecified atom stereocenters. The number of aryl methyl sites for hydroxylation is 1. The number of halogens is 4. The predicted molar refractivity (Wildman–Crippen MR) is 95.2 cm³/mol. The monoisotopic (exact) mass is 407 g/mol. The number of nitrogens with zero attached hydrogens (tertiary/aromatic N) is 3. The van der Waals surface area contributed by atoms with Gasteiger partial charge in [0.2, 0.25) is 0 Å². The molecule has 2 N–H and O–H groups in total. The molecule has 29 heavy (non-hydrogen) atoms. The molecule has 0 bridgehead atoms. The number of rotatable bonds is 4. The van der Waals surface area contributed by atoms with Gasteiger partial charge in [-0.15, -0.1) is 10.2 Å². The second-order valence-electron chi connectivity index (χ2n) is 6.91. The van der Waals surface area contributed by atoms with E-state index in [1.807, 2.05) is 0 Å². The second kappa shape index (κ2) is 7.34. The van der Waals surface area contributed by atoms with Gasteiger partial charge in [0, 0.05) is 19.2 Å². The quantitative estimate of drug-likeness (QED) is 0.651. The zero-order chi connectivity index (χ0) is 20.6. The van der Waals surface area contributed by atoms with Crippen LogP contribution in [0.5, 0.6) is 0 Å². The standard InChI is InChI=1S/C19H17F4N5O/c20-14-4-1-11(2-5-14)12-7-15(24-8-12)18(29)25-9-17-27-26-16-6-3-13(10-28(16)17)19(21,22)23/h1-2,4-5,7-8,13,24H,3,6,9-10H2,(H,25,29)/t13-/m1/s1. The number of aromatic amines is 1. The summed E-state index contributed by atoms with van der Waals surface area (Å²) in [7, 11) is 0. The van der Waals surface area contributed by atoms with E-state index in [2.05, 4.69) is 20.5 Å². The fourth-order valence-corrected chi connectivity index (χ4v) is 3.37. The largest absolute Gasteiger partial charge is 0.393 e. The molecule has 152 valence electrons. The molecule has 0 saturated heterocycles. The molecule has 0 aliphatic carbocycles. The summed E-state index contributed by atoms with van der Waals surface area (Å²) in [4.78, 5) is 15.2. The van der Waals surface area contributed by atoms with Gasteiger partial charge in [0.15, 0.2) is 5.82 Å². The molecule has 3 heterocycles. The smallest absolute Gasteiger partial charge is 0.357 e. The summed E-state index contributed by atoms with van der Waals surface area (Å²) in [6.45, 7) is -0.282. The van der Waals surface area contributed by atoms with Crippen molar-refractivity contribution < 1.29 is 22.4 Å². The Morgan fingerprint density at radius 1 is 1.21 bits per heavy atom. The van der Waals surface area contributed by atoms with Crippen LogP contribution in [-0.2, 0) is 19.5 Å². The summed E-state index contributed by atoms with van der Waals surface area (Å²) < 4.78 is 53.5. The van der Waals surface area contributed by atoms with Crippen molar-refractivity contribution in [2.75, 3.05) is 0 Å². The number of carbonyl (C=O) groups is 1. The summed E-state index contributed by atoms with van der Waals surface area (Å²) in [5, 5.41) is 10.5. The molecule has 3 aromatic rings. The van der Waals surface area contributed by atoms with Crippen LogP contribution in [-0.4, -0.2) is 31.8 Å². The number of fused-ring (bicyclic) bond motifs is 1. The maximum absolute atomic E-state index is 13.0. The van der Waals surface area contributed by atoms with Gasteiger partial charge in [-0.25, -0.2) is 4.39 Å². The van der Waals surface area contributed by atoms with Crippen molar-refractivity contribution in [2.45, 2.75) is 32.1 Å². The Balaban J connectivity index is 1.42. The molecule has 10 heteroatoms. The van der Waals surface area contributed by atoms with Crippen LogP contribution in [0.25, 0.3) is 11.1 Å². The number of amides is 1. The van der Waals surface area contributed by atoms with Gasteiger partial charge >= 0.3 is 6.18 Å². The molecule has 1 amide bonds. The van der Waals surface area contributed by atoms with Gasteiger partial charge in [-0.3, -0.25) is 4.79 Å². The van der Waals surface area contributed by atoms with Gasteiger partial charge in [0.25, 0.3) is 5.91 Å². The van der Waals surface area contributed by atoms with Crippen LogP contribution < -0.4 is 5.32 Å². The van der Waals surface area contributed by atoms with Gasteiger partial charge < -0.3 is 14.9 Å². The van der Waals surface area contributed by atoms with E-state index in [-0.39, 0.29) is 43.3 Å². The molecule has 4 rings (SSSR count). The van der Waals surface area contributed by atoms with E-state index in [0.717, 1.165) is 5.56 Å². The number of carbonyl (C=O) groups excluding carboxylic acids is 1. The lowest BCUT2D eigenvalue weighted by Crippen LogP contribution is -2.34. The fourth-order valence-electron chi connectivity index (χ4n) is 3.37. The number of hydrogen-bond donors (Lipinski definition) is 2. The van der Waals surface area contributed by atoms with E-state index in [0.29, 0.717) is 11.4 Å². The summed E-state index contributed by atoms with van der Waals surface area (Å²) in [5.41, 5.74) is 1.73. The third-order valence-corrected chi connectivity index (χ3v) is 5.00. The van der Waals surface area contributed by atoms with Crippen molar-refractivity contribution in [1.29, 1.82) is 0 Å². The molecule has 0 saturated carbocycles. The van der Waals surface area contributed by atoms with Crippen molar-refractivity contribution in [3.05, 3.63) is 59.7 Å². The molecular formula is C19H17F4N5O. The molecular weight excluding hydrogens is 390 g/mol. The Bertz CT molecular complexity index is 1020. The van der Waals surface area contributed by atoms with Crippen LogP contribution in [0.2, 0.25) is 0 Å². The summed E-state index contributed by atoms with van der Waals surface area (Å²) in [5.74, 6) is -1.45. The lowest BCUT2D eigenvalue weighted by molar-refractivity contribution is -0.182. The first-order valence-electron chi connectivity index (χ1n) is 9.01. The van der Waals surface area contributed by atoms with Gasteiger partial charge in [-0.1, -0.05) is 12.1 Å². The van der Waals surface area contributed by atoms with Crippen LogP contribution in [0.3, 0.4) is 0 Å². The van der Waals surface area contributed by atoms with Gasteiger partial charge in [0.05, 0.1) is 12.5 Å². The Kier molecular flexibility index (Phi) is 4.85. The lowest BCUT2D eigenvalue weighted by atomic mass is 9.99. The van der Waals surface area contributed by atoms with E-state index in [1.54, 1.807) is 24.4 Å². The highest BCUT2D eigenvalue weighted by atomic mass is 19.4. The molecule has 0 fully saturated rings. The maximum Gasteiger partial charge on any atom is 0.393 e. The highest BCUT2D eigenvalue weighted by molar-refractivity contribution is 5.93. The first-order valence-corrected chi connectivity index (χ1v) is 9.01. The summed E-state index contributed by atoms with van der Waals surface area (Å²) in [6.07, 6.45) is -2.47. The number of H-pyrrole nitrogens is 1. The van der Waals surface area contributed by atoms with Crippen molar-refractivity contribution >= 4 is 5.91 Å². The van der Waals surface area contributed by atoms with Crippen molar-refractivity contribution in [3.63, 3.8) is 0 Å². The Morgan fingerprint density at radius 3 is 2.69 bits per heavy atom. The molecule has 6 nitrogen and oxygen atoms in total. The van der Waals surface area contributed by atoms with E-state index < -0.39 is 18.0 Å². The SMILES string of the molecule is O=C(NCc1nnc2n1C[C@H](C(F)(F)F)CC2)c1cc(-c2ccc(F)cc2)c[nH]1. The molecule has 2 aromatic heterocycles. The number of nitrogens with one attached hydrogen (secondary N) is 2. The lowest BCUT2D eigenvalue weighted by Gasteiger charge is -2.26. The van der Waals surface area contributed by atoms with Crippen molar-refractivity contribution in [1.82, 2.24) is 25.1 Å². The Morgan fingerprint density at radius 2 is 1.97 bits per heavy atom. The first kappa shape index (κ1) is 19.2. The second-order valence-corrected chi connectivity index (χ2v) is 6.91. The van der Waals surface area contributed by atoms with Gasteiger partial charge in [0.1, 0.15) is 17.3 Å². The van der Waals surface area contributed by atoms with E-state index >= 15 is 0 Å². The molecule has 0 radical (unpaired) electrons. The van der Waals surface area contributed by atoms with Crippen LogP contribution in [0.4, 0.5) is 17.6 Å². The number of benzene rings is 1. The summed E-state index contributed by atoms with van der Waals surface area (Å²) >= 11 is 0. The summed E-state index contributed by atoms with van der Waals surface area (Å²) in [6, 6.07) is 7.45. The minimum atomic E-state index is -4.27. The number of alkyl halides is 3. The number of hydrogen-bond acceptors (Lipinski definition) is 3. The third-order valence-electron chi connectivity index (χ3n) is 5.00. The van der Waals surface area contributed by atoms with Crippen LogP contribution in [0.1, 0.15) is 28.6 Å². The zero-order valence-corrected chi connectivity index (χ0v) is 15.1. The predicted octanol–water partition coefficient (Wildman–Crippen LogP) is 3.47. The average molecular weight is 407 g/mol. The molecule has 1 aliphatic heterocycles. The van der Waals surface area contributed by atoms with Crippen LogP contribution >= 0.6 is 0 Å². The normalized spacial score (nSPS) is 16.5. The zero-order valence-electron chi connectivity index (χ0n) is 15.1. The van der Waals surface area contributed by atoms with E-state index in [9.17, 15) is 22.4 Å². The van der Waals surface area contributed by atoms with E-state index in [4.69, 9.17) is 0 Å². The van der Waals surface area contributed by atoms with Crippen LogP contribution in [0.15, 0.2) is 36.5 Å². The minimum Gasteiger partial charge on any atom is -0.357 e. The molecule has 1 aromatic carbocycles. The first-order chi connectivity index (χ1) is 13.8. The Hall–Kier alpha value is -3.17.